The van der Waals surface area contributed by atoms with Crippen LogP contribution in [-0.4, -0.2) is 50.4 Å². The summed E-state index contributed by atoms with van der Waals surface area (Å²) in [7, 11) is 1.60. The number of piperidine rings is 1. The number of hydrogen-bond acceptors (Lipinski definition) is 6. The molecule has 1 spiro atoms. The molecular formula is C17H17F3N4O3S. The molecule has 7 nitrogen and oxygen atoms in total. The summed E-state index contributed by atoms with van der Waals surface area (Å²) >= 11 is 1.34. The molecule has 11 heteroatoms. The molecule has 0 aliphatic carbocycles. The zero-order valence-electron chi connectivity index (χ0n) is 15.1. The zero-order valence-corrected chi connectivity index (χ0v) is 15.9. The number of rotatable bonds is 1. The molecule has 2 aromatic rings. The van der Waals surface area contributed by atoms with Gasteiger partial charge in [-0.2, -0.15) is 13.2 Å². The fourth-order valence-electron chi connectivity index (χ4n) is 4.16. The predicted molar refractivity (Wildman–Crippen MR) is 91.6 cm³/mol. The number of hydrogen-bond donors (Lipinski definition) is 0. The Hall–Kier alpha value is -2.27. The van der Waals surface area contributed by atoms with E-state index in [2.05, 4.69) is 10.3 Å². The highest BCUT2D eigenvalue weighted by Gasteiger charge is 2.55. The molecule has 2 aliphatic heterocycles. The Bertz CT molecular complexity index is 940. The third-order valence-electron chi connectivity index (χ3n) is 5.26. The number of carbonyl (C=O) groups is 2. The van der Waals surface area contributed by atoms with Crippen LogP contribution in [0.5, 0.6) is 0 Å². The first-order valence-electron chi connectivity index (χ1n) is 8.63. The lowest BCUT2D eigenvalue weighted by molar-refractivity contribution is -0.200. The quantitative estimate of drug-likeness (QED) is 0.717. The van der Waals surface area contributed by atoms with Crippen molar-refractivity contribution in [3.63, 3.8) is 0 Å². The van der Waals surface area contributed by atoms with E-state index in [9.17, 15) is 22.8 Å². The van der Waals surface area contributed by atoms with Gasteiger partial charge in [-0.05, 0) is 18.4 Å². The van der Waals surface area contributed by atoms with Gasteiger partial charge in [-0.15, -0.1) is 16.4 Å². The lowest BCUT2D eigenvalue weighted by atomic mass is 9.77. The van der Waals surface area contributed by atoms with E-state index in [4.69, 9.17) is 4.74 Å². The Kier molecular flexibility index (Phi) is 4.34. The van der Waals surface area contributed by atoms with E-state index in [1.54, 1.807) is 25.4 Å². The minimum atomic E-state index is -5.00. The lowest BCUT2D eigenvalue weighted by Crippen LogP contribution is -2.56. The Morgan fingerprint density at radius 1 is 1.39 bits per heavy atom. The Labute approximate surface area is 162 Å². The van der Waals surface area contributed by atoms with Gasteiger partial charge in [0, 0.05) is 36.4 Å². The van der Waals surface area contributed by atoms with E-state index >= 15 is 0 Å². The predicted octanol–water partition coefficient (Wildman–Crippen LogP) is 2.60. The van der Waals surface area contributed by atoms with Gasteiger partial charge in [0.2, 0.25) is 0 Å². The Morgan fingerprint density at radius 2 is 2.14 bits per heavy atom. The highest BCUT2D eigenvalue weighted by Crippen LogP contribution is 2.51. The number of aromatic nitrogens is 3. The van der Waals surface area contributed by atoms with Gasteiger partial charge in [-0.3, -0.25) is 14.3 Å². The largest absolute Gasteiger partial charge is 0.471 e. The first kappa shape index (κ1) is 19.1. The zero-order chi connectivity index (χ0) is 20.3. The van der Waals surface area contributed by atoms with E-state index in [1.807, 2.05) is 0 Å². The second kappa shape index (κ2) is 6.38. The van der Waals surface area contributed by atoms with Crippen molar-refractivity contribution < 1.29 is 27.5 Å². The van der Waals surface area contributed by atoms with Gasteiger partial charge in [0.05, 0.1) is 12.2 Å². The molecule has 150 valence electrons. The average molecular weight is 414 g/mol. The third kappa shape index (κ3) is 2.93. The van der Waals surface area contributed by atoms with Crippen molar-refractivity contribution in [2.24, 2.45) is 7.05 Å². The molecule has 1 saturated heterocycles. The van der Waals surface area contributed by atoms with E-state index in [1.165, 1.54) is 22.2 Å². The van der Waals surface area contributed by atoms with Crippen molar-refractivity contribution in [3.8, 4) is 0 Å². The van der Waals surface area contributed by atoms with Crippen LogP contribution in [0.2, 0.25) is 0 Å². The second-order valence-electron chi connectivity index (χ2n) is 7.17. The minimum Gasteiger partial charge on any atom is -0.361 e. The Morgan fingerprint density at radius 3 is 2.79 bits per heavy atom. The molecule has 0 radical (unpaired) electrons. The van der Waals surface area contributed by atoms with Gasteiger partial charge >= 0.3 is 12.1 Å². The topological polar surface area (TPSA) is 77.3 Å². The van der Waals surface area contributed by atoms with Crippen molar-refractivity contribution in [1.29, 1.82) is 0 Å². The number of ketones is 1. The average Bonchev–Trinajstić information content (AvgIpc) is 3.27. The summed E-state index contributed by atoms with van der Waals surface area (Å²) in [4.78, 5) is 25.9. The summed E-state index contributed by atoms with van der Waals surface area (Å²) in [5.41, 5.74) is -0.150. The van der Waals surface area contributed by atoms with Crippen LogP contribution in [0.3, 0.4) is 0 Å². The highest BCUT2D eigenvalue weighted by atomic mass is 32.1. The maximum atomic E-state index is 13.3. The van der Waals surface area contributed by atoms with E-state index in [0.29, 0.717) is 10.4 Å². The molecule has 3 unspecified atom stereocenters. The third-order valence-corrected chi connectivity index (χ3v) is 6.36. The van der Waals surface area contributed by atoms with Crippen LogP contribution in [0.15, 0.2) is 17.6 Å². The van der Waals surface area contributed by atoms with Crippen molar-refractivity contribution in [2.45, 2.75) is 43.6 Å². The molecule has 0 N–H and O–H groups in total. The van der Waals surface area contributed by atoms with Crippen LogP contribution in [-0.2, 0) is 22.2 Å². The number of Topliss-reactive ketones (excluding diaryl/α,β-unsaturated/α-hetero) is 1. The summed E-state index contributed by atoms with van der Waals surface area (Å²) in [6.07, 6.45) is -3.28. The normalized spacial score (nSPS) is 27.9. The van der Waals surface area contributed by atoms with Gasteiger partial charge in [0.1, 0.15) is 17.9 Å². The van der Waals surface area contributed by atoms with Crippen molar-refractivity contribution in [1.82, 2.24) is 19.9 Å². The van der Waals surface area contributed by atoms with Crippen LogP contribution in [0.25, 0.3) is 0 Å². The number of carbonyl (C=O) groups excluding carboxylic acids is 2. The second-order valence-corrected chi connectivity index (χ2v) is 8.09. The number of amides is 1. The standard InChI is InChI=1S/C17H17F3N4O3S/c1-9-5-16(14-10(3-4-28-14)13(25)8-27-16)6-12(11-7-23(2)22-21-11)24(9)15(26)17(18,19)20/h3-4,7,9,12H,5-6,8H2,1-2H3. The highest BCUT2D eigenvalue weighted by molar-refractivity contribution is 7.10. The van der Waals surface area contributed by atoms with Crippen molar-refractivity contribution in [2.75, 3.05) is 6.61 Å². The number of fused-ring (bicyclic) bond motifs is 2. The summed E-state index contributed by atoms with van der Waals surface area (Å²) in [6.45, 7) is 1.41. The molecule has 0 bridgehead atoms. The van der Waals surface area contributed by atoms with Crippen LogP contribution in [0.4, 0.5) is 13.2 Å². The Balaban J connectivity index is 1.80. The molecular weight excluding hydrogens is 397 g/mol. The fourth-order valence-corrected chi connectivity index (χ4v) is 5.25. The molecule has 4 rings (SSSR count). The number of alkyl halides is 3. The molecule has 3 atom stereocenters. The number of likely N-dealkylation sites (tertiary alicyclic amines) is 1. The summed E-state index contributed by atoms with van der Waals surface area (Å²) in [6, 6.07) is -0.0465. The minimum absolute atomic E-state index is 0.0681. The molecule has 1 fully saturated rings. The SMILES string of the molecule is CC1CC2(CC(c3cn(C)nn3)N1C(=O)C(F)(F)F)OCC(=O)c1ccsc12. The van der Waals surface area contributed by atoms with Crippen molar-refractivity contribution >= 4 is 23.0 Å². The van der Waals surface area contributed by atoms with E-state index < -0.39 is 29.8 Å². The van der Waals surface area contributed by atoms with E-state index in [-0.39, 0.29) is 30.9 Å². The molecule has 2 aromatic heterocycles. The van der Waals surface area contributed by atoms with Gasteiger partial charge in [0.15, 0.2) is 5.78 Å². The summed E-state index contributed by atoms with van der Waals surface area (Å²) in [5.74, 6) is -2.07. The number of aryl methyl sites for hydroxylation is 1. The van der Waals surface area contributed by atoms with Gasteiger partial charge in [0.25, 0.3) is 0 Å². The molecule has 2 aliphatic rings. The van der Waals surface area contributed by atoms with Crippen LogP contribution in [0.1, 0.15) is 46.7 Å². The van der Waals surface area contributed by atoms with Gasteiger partial charge < -0.3 is 9.64 Å². The molecule has 1 amide bonds. The monoisotopic (exact) mass is 414 g/mol. The van der Waals surface area contributed by atoms with Crippen molar-refractivity contribution in [3.05, 3.63) is 33.8 Å². The first-order valence-corrected chi connectivity index (χ1v) is 9.51. The molecule has 0 saturated carbocycles. The smallest absolute Gasteiger partial charge is 0.361 e. The number of nitrogens with zero attached hydrogens (tertiary/aromatic N) is 4. The van der Waals surface area contributed by atoms with Gasteiger partial charge in [-0.1, -0.05) is 5.21 Å². The van der Waals surface area contributed by atoms with Gasteiger partial charge in [-0.25, -0.2) is 0 Å². The lowest BCUT2D eigenvalue weighted by Gasteiger charge is -2.50. The van der Waals surface area contributed by atoms with E-state index in [0.717, 1.165) is 4.90 Å². The van der Waals surface area contributed by atoms with Crippen LogP contribution < -0.4 is 0 Å². The number of ether oxygens (including phenoxy) is 1. The summed E-state index contributed by atoms with van der Waals surface area (Å²) in [5, 5.41) is 9.54. The fraction of sp³-hybridized carbons (Fsp3) is 0.529. The number of thiophene rings is 1. The molecule has 4 heterocycles. The van der Waals surface area contributed by atoms with Crippen LogP contribution >= 0.6 is 11.3 Å². The number of halogens is 3. The maximum Gasteiger partial charge on any atom is 0.471 e. The molecule has 0 aromatic carbocycles. The summed E-state index contributed by atoms with van der Waals surface area (Å²) < 4.78 is 47.1. The molecule has 28 heavy (non-hydrogen) atoms. The van der Waals surface area contributed by atoms with Crippen LogP contribution in [0, 0.1) is 0 Å². The first-order chi connectivity index (χ1) is 13.1. The maximum absolute atomic E-state index is 13.3.